The second-order valence-corrected chi connectivity index (χ2v) is 6.67. The second kappa shape index (κ2) is 5.34. The largest absolute Gasteiger partial charge is 0.398 e. The summed E-state index contributed by atoms with van der Waals surface area (Å²) < 4.78 is 27.2. The quantitative estimate of drug-likeness (QED) is 0.854. The summed E-state index contributed by atoms with van der Waals surface area (Å²) in [6, 6.07) is 9.77. The molecule has 0 aliphatic rings. The Morgan fingerprint density at radius 3 is 2.35 bits per heavy atom. The molecule has 4 nitrogen and oxygen atoms in total. The summed E-state index contributed by atoms with van der Waals surface area (Å²) in [5.41, 5.74) is 8.26. The van der Waals surface area contributed by atoms with E-state index in [9.17, 15) is 8.42 Å². The number of nitrogen functional groups attached to an aromatic ring is 1. The first-order chi connectivity index (χ1) is 9.29. The van der Waals surface area contributed by atoms with E-state index in [4.69, 9.17) is 17.3 Å². The van der Waals surface area contributed by atoms with Crippen molar-refractivity contribution in [3.8, 4) is 0 Å². The zero-order valence-electron chi connectivity index (χ0n) is 11.1. The number of halogens is 1. The van der Waals surface area contributed by atoms with Gasteiger partial charge in [-0.15, -0.1) is 0 Å². The van der Waals surface area contributed by atoms with Gasteiger partial charge in [-0.25, -0.2) is 8.42 Å². The van der Waals surface area contributed by atoms with Crippen LogP contribution in [0.15, 0.2) is 41.3 Å². The second-order valence-electron chi connectivity index (χ2n) is 4.59. The number of aryl methyl sites for hydroxylation is 2. The molecule has 6 heteroatoms. The molecule has 0 aliphatic carbocycles. The maximum Gasteiger partial charge on any atom is 0.262 e. The predicted molar refractivity (Wildman–Crippen MR) is 82.6 cm³/mol. The van der Waals surface area contributed by atoms with Crippen LogP contribution in [0.2, 0.25) is 5.02 Å². The number of nitrogens with two attached hydrogens (primary N) is 1. The fraction of sp³-hybridized carbons (Fsp3) is 0.143. The zero-order valence-corrected chi connectivity index (χ0v) is 12.7. The average Bonchev–Trinajstić information content (AvgIpc) is 2.36. The Labute approximate surface area is 123 Å². The minimum absolute atomic E-state index is 0.157. The van der Waals surface area contributed by atoms with Gasteiger partial charge in [0, 0.05) is 10.7 Å². The van der Waals surface area contributed by atoms with Gasteiger partial charge in [0.05, 0.1) is 10.6 Å². The van der Waals surface area contributed by atoms with E-state index in [1.54, 1.807) is 37.3 Å². The highest BCUT2D eigenvalue weighted by Gasteiger charge is 2.17. The number of nitrogens with one attached hydrogen (secondary N) is 1. The summed E-state index contributed by atoms with van der Waals surface area (Å²) in [5.74, 6) is 0. The lowest BCUT2D eigenvalue weighted by atomic mass is 10.2. The van der Waals surface area contributed by atoms with Gasteiger partial charge in [-0.3, -0.25) is 4.72 Å². The molecule has 0 heterocycles. The van der Waals surface area contributed by atoms with Gasteiger partial charge in [-0.2, -0.15) is 0 Å². The molecule has 0 aromatic heterocycles. The van der Waals surface area contributed by atoms with Crippen molar-refractivity contribution in [3.63, 3.8) is 0 Å². The van der Waals surface area contributed by atoms with Crippen LogP contribution in [-0.4, -0.2) is 8.42 Å². The van der Waals surface area contributed by atoms with Gasteiger partial charge in [-0.05, 0) is 49.2 Å². The minimum atomic E-state index is -3.69. The first-order valence-corrected chi connectivity index (χ1v) is 7.81. The van der Waals surface area contributed by atoms with Crippen LogP contribution in [0.25, 0.3) is 0 Å². The number of rotatable bonds is 3. The molecule has 3 N–H and O–H groups in total. The van der Waals surface area contributed by atoms with Gasteiger partial charge in [0.1, 0.15) is 0 Å². The van der Waals surface area contributed by atoms with Crippen LogP contribution >= 0.6 is 11.6 Å². The third-order valence-electron chi connectivity index (χ3n) is 2.97. The number of benzene rings is 2. The molecule has 0 radical (unpaired) electrons. The molecule has 2 aromatic rings. The fourth-order valence-corrected chi connectivity index (χ4v) is 3.34. The summed E-state index contributed by atoms with van der Waals surface area (Å²) in [4.78, 5) is 0.157. The smallest absolute Gasteiger partial charge is 0.262 e. The average molecular weight is 311 g/mol. The van der Waals surface area contributed by atoms with E-state index in [1.165, 1.54) is 6.07 Å². The van der Waals surface area contributed by atoms with Crippen molar-refractivity contribution >= 4 is 33.0 Å². The summed E-state index contributed by atoms with van der Waals surface area (Å²) in [5, 5.41) is 0.374. The van der Waals surface area contributed by atoms with Gasteiger partial charge in [0.15, 0.2) is 0 Å². The normalized spacial score (nSPS) is 11.3. The molecule has 2 aromatic carbocycles. The first-order valence-electron chi connectivity index (χ1n) is 5.95. The topological polar surface area (TPSA) is 72.2 Å². The monoisotopic (exact) mass is 310 g/mol. The number of hydrogen-bond donors (Lipinski definition) is 2. The maximum atomic E-state index is 12.4. The third kappa shape index (κ3) is 3.05. The third-order valence-corrected chi connectivity index (χ3v) is 4.73. The Bertz CT molecular complexity index is 758. The fourth-order valence-electron chi connectivity index (χ4n) is 1.78. The van der Waals surface area contributed by atoms with Crippen molar-refractivity contribution in [2.75, 3.05) is 10.5 Å². The molecule has 0 aliphatic heterocycles. The van der Waals surface area contributed by atoms with Crippen molar-refractivity contribution in [1.29, 1.82) is 0 Å². The van der Waals surface area contributed by atoms with Gasteiger partial charge >= 0.3 is 0 Å². The van der Waals surface area contributed by atoms with E-state index in [-0.39, 0.29) is 4.90 Å². The molecular formula is C14H15ClN2O2S. The van der Waals surface area contributed by atoms with Gasteiger partial charge < -0.3 is 5.73 Å². The van der Waals surface area contributed by atoms with E-state index in [2.05, 4.69) is 4.72 Å². The molecule has 0 saturated heterocycles. The molecule has 0 saturated carbocycles. The van der Waals surface area contributed by atoms with Crippen LogP contribution in [0.3, 0.4) is 0 Å². The number of sulfonamides is 1. The van der Waals surface area contributed by atoms with Gasteiger partial charge in [0.2, 0.25) is 0 Å². The molecule has 2 rings (SSSR count). The molecule has 0 atom stereocenters. The number of hydrogen-bond acceptors (Lipinski definition) is 3. The van der Waals surface area contributed by atoms with Crippen LogP contribution < -0.4 is 10.5 Å². The van der Waals surface area contributed by atoms with Crippen LogP contribution in [-0.2, 0) is 10.0 Å². The van der Waals surface area contributed by atoms with Gasteiger partial charge in [-0.1, -0.05) is 23.7 Å². The van der Waals surface area contributed by atoms with E-state index < -0.39 is 10.0 Å². The van der Waals surface area contributed by atoms with Crippen molar-refractivity contribution in [1.82, 2.24) is 0 Å². The molecular weight excluding hydrogens is 296 g/mol. The Balaban J connectivity index is 2.40. The number of anilines is 2. The zero-order chi connectivity index (χ0) is 14.9. The maximum absolute atomic E-state index is 12.4. The van der Waals surface area contributed by atoms with E-state index in [0.717, 1.165) is 5.56 Å². The minimum Gasteiger partial charge on any atom is -0.398 e. The molecule has 20 heavy (non-hydrogen) atoms. The highest BCUT2D eigenvalue weighted by atomic mass is 35.5. The molecule has 0 amide bonds. The Kier molecular flexibility index (Phi) is 3.92. The van der Waals surface area contributed by atoms with Crippen LogP contribution in [0, 0.1) is 13.8 Å². The van der Waals surface area contributed by atoms with Crippen LogP contribution in [0.1, 0.15) is 11.1 Å². The predicted octanol–water partition coefficient (Wildman–Crippen LogP) is 3.34. The highest BCUT2D eigenvalue weighted by molar-refractivity contribution is 7.92. The van der Waals surface area contributed by atoms with Crippen molar-refractivity contribution in [2.45, 2.75) is 18.7 Å². The molecule has 106 valence electrons. The SMILES string of the molecule is Cc1ccc(NS(=O)(=O)c2cc(Cl)ccc2C)cc1N. The van der Waals surface area contributed by atoms with E-state index in [0.29, 0.717) is 22.0 Å². The standard InChI is InChI=1S/C14H15ClN2O2S/c1-9-4-6-12(8-13(9)16)17-20(18,19)14-7-11(15)5-3-10(14)2/h3-8,17H,16H2,1-2H3. The van der Waals surface area contributed by atoms with Crippen molar-refractivity contribution < 1.29 is 8.42 Å². The Morgan fingerprint density at radius 2 is 1.70 bits per heavy atom. The Hall–Kier alpha value is -1.72. The van der Waals surface area contributed by atoms with Crippen molar-refractivity contribution in [2.24, 2.45) is 0 Å². The van der Waals surface area contributed by atoms with Crippen LogP contribution in [0.5, 0.6) is 0 Å². The lowest BCUT2D eigenvalue weighted by Gasteiger charge is -2.11. The molecule has 0 fully saturated rings. The lowest BCUT2D eigenvalue weighted by Crippen LogP contribution is -2.14. The lowest BCUT2D eigenvalue weighted by molar-refractivity contribution is 0.600. The highest BCUT2D eigenvalue weighted by Crippen LogP contribution is 2.24. The Morgan fingerprint density at radius 1 is 1.05 bits per heavy atom. The molecule has 0 bridgehead atoms. The van der Waals surface area contributed by atoms with Gasteiger partial charge in [0.25, 0.3) is 10.0 Å². The summed E-state index contributed by atoms with van der Waals surface area (Å²) in [6.07, 6.45) is 0. The van der Waals surface area contributed by atoms with E-state index >= 15 is 0 Å². The molecule has 0 unspecified atom stereocenters. The van der Waals surface area contributed by atoms with E-state index in [1.807, 2.05) is 6.92 Å². The molecule has 0 spiro atoms. The van der Waals surface area contributed by atoms with Crippen molar-refractivity contribution in [3.05, 3.63) is 52.5 Å². The first kappa shape index (κ1) is 14.7. The summed E-state index contributed by atoms with van der Waals surface area (Å²) in [7, 11) is -3.69. The summed E-state index contributed by atoms with van der Waals surface area (Å²) >= 11 is 5.86. The summed E-state index contributed by atoms with van der Waals surface area (Å²) in [6.45, 7) is 3.57. The van der Waals surface area contributed by atoms with Crippen LogP contribution in [0.4, 0.5) is 11.4 Å².